The van der Waals surface area contributed by atoms with Gasteiger partial charge in [-0.3, -0.25) is 4.79 Å². The van der Waals surface area contributed by atoms with Crippen molar-refractivity contribution in [2.45, 2.75) is 18.2 Å². The molecule has 0 aliphatic heterocycles. The van der Waals surface area contributed by atoms with Gasteiger partial charge in [0.05, 0.1) is 12.6 Å². The molecule has 2 rings (SSSR count). The van der Waals surface area contributed by atoms with Gasteiger partial charge in [-0.05, 0) is 47.2 Å². The van der Waals surface area contributed by atoms with Crippen molar-refractivity contribution in [3.05, 3.63) is 58.6 Å². The Morgan fingerprint density at radius 3 is 2.60 bits per heavy atom. The first-order valence-corrected chi connectivity index (χ1v) is 9.36. The summed E-state index contributed by atoms with van der Waals surface area (Å²) in [4.78, 5) is 15.2. The molecule has 4 nitrogen and oxygen atoms in total. The van der Waals surface area contributed by atoms with E-state index in [-0.39, 0.29) is 12.3 Å². The van der Waals surface area contributed by atoms with Crippen LogP contribution in [0.1, 0.15) is 18.1 Å². The van der Waals surface area contributed by atoms with Crippen LogP contribution in [0, 0.1) is 0 Å². The van der Waals surface area contributed by atoms with Crippen molar-refractivity contribution in [1.82, 2.24) is 5.43 Å². The van der Waals surface area contributed by atoms with Gasteiger partial charge in [0.1, 0.15) is 0 Å². The molecule has 0 spiro atoms. The van der Waals surface area contributed by atoms with Crippen LogP contribution in [0.4, 0.5) is 5.69 Å². The van der Waals surface area contributed by atoms with Crippen LogP contribution in [-0.2, 0) is 11.2 Å². The lowest BCUT2D eigenvalue weighted by Crippen LogP contribution is -2.20. The molecule has 0 aliphatic carbocycles. The van der Waals surface area contributed by atoms with Crippen molar-refractivity contribution in [3.8, 4) is 0 Å². The number of halogens is 1. The third kappa shape index (κ3) is 6.11. The number of hydrogen-bond donors (Lipinski definition) is 1. The Balaban J connectivity index is 1.95. The third-order valence-corrected chi connectivity index (χ3v) is 4.72. The minimum absolute atomic E-state index is 0.165. The highest BCUT2D eigenvalue weighted by molar-refractivity contribution is 7.99. The van der Waals surface area contributed by atoms with Gasteiger partial charge in [-0.1, -0.05) is 30.7 Å². The average molecular weight is 376 g/mol. The summed E-state index contributed by atoms with van der Waals surface area (Å²) in [6.07, 6.45) is 1.89. The lowest BCUT2D eigenvalue weighted by Gasteiger charge is -2.11. The Hall–Kier alpha value is -1.98. The number of thioether (sulfide) groups is 1. The zero-order chi connectivity index (χ0) is 18.2. The number of anilines is 1. The summed E-state index contributed by atoms with van der Waals surface area (Å²) in [5, 5.41) is 4.66. The topological polar surface area (TPSA) is 44.7 Å². The highest BCUT2D eigenvalue weighted by Gasteiger charge is 2.08. The van der Waals surface area contributed by atoms with Gasteiger partial charge in [0.25, 0.3) is 0 Å². The maximum absolute atomic E-state index is 12.1. The summed E-state index contributed by atoms with van der Waals surface area (Å²) in [5.74, 6) is 0.776. The minimum Gasteiger partial charge on any atom is -0.378 e. The Bertz CT molecular complexity index is 745. The Morgan fingerprint density at radius 2 is 1.96 bits per heavy atom. The Morgan fingerprint density at radius 1 is 1.24 bits per heavy atom. The largest absolute Gasteiger partial charge is 0.378 e. The molecule has 0 saturated heterocycles. The molecule has 0 saturated carbocycles. The molecule has 0 radical (unpaired) electrons. The zero-order valence-electron chi connectivity index (χ0n) is 14.6. The van der Waals surface area contributed by atoms with E-state index in [1.807, 2.05) is 61.5 Å². The fraction of sp³-hybridized carbons (Fsp3) is 0.263. The number of nitrogens with zero attached hydrogens (tertiary/aromatic N) is 2. The monoisotopic (exact) mass is 375 g/mol. The molecule has 1 N–H and O–H groups in total. The molecule has 0 heterocycles. The van der Waals surface area contributed by atoms with Gasteiger partial charge in [-0.2, -0.15) is 5.10 Å². The molecule has 0 aliphatic rings. The first-order valence-electron chi connectivity index (χ1n) is 8.00. The molecule has 0 aromatic heterocycles. The summed E-state index contributed by atoms with van der Waals surface area (Å²) >= 11 is 7.74. The molecule has 2 aromatic carbocycles. The number of hydrogen-bond acceptors (Lipinski definition) is 4. The molecule has 6 heteroatoms. The van der Waals surface area contributed by atoms with E-state index in [0.29, 0.717) is 5.02 Å². The SMILES string of the molecule is CCSc1ccc(Cl)cc1CC(=O)N/N=C\c1ccc(N(C)C)cc1. The van der Waals surface area contributed by atoms with Gasteiger partial charge in [0.2, 0.25) is 5.91 Å². The van der Waals surface area contributed by atoms with Crippen LogP contribution in [0.25, 0.3) is 0 Å². The van der Waals surface area contributed by atoms with E-state index in [2.05, 4.69) is 17.5 Å². The summed E-state index contributed by atoms with van der Waals surface area (Å²) in [5.41, 5.74) is 5.53. The smallest absolute Gasteiger partial charge is 0.244 e. The molecule has 0 atom stereocenters. The van der Waals surface area contributed by atoms with Crippen molar-refractivity contribution >= 4 is 41.2 Å². The predicted molar refractivity (Wildman–Crippen MR) is 108 cm³/mol. The normalized spacial score (nSPS) is 10.9. The molecule has 0 unspecified atom stereocenters. The van der Waals surface area contributed by atoms with E-state index in [1.165, 1.54) is 0 Å². The van der Waals surface area contributed by atoms with E-state index in [9.17, 15) is 4.79 Å². The summed E-state index contributed by atoms with van der Waals surface area (Å²) in [6.45, 7) is 2.08. The molecule has 0 fully saturated rings. The van der Waals surface area contributed by atoms with E-state index in [4.69, 9.17) is 11.6 Å². The predicted octanol–water partition coefficient (Wildman–Crippen LogP) is 4.21. The van der Waals surface area contributed by atoms with Gasteiger partial charge in [-0.15, -0.1) is 11.8 Å². The van der Waals surface area contributed by atoms with Crippen LogP contribution in [-0.4, -0.2) is 32.0 Å². The molecule has 25 heavy (non-hydrogen) atoms. The number of nitrogens with one attached hydrogen (secondary N) is 1. The number of hydrazone groups is 1. The van der Waals surface area contributed by atoms with Gasteiger partial charge in [0.15, 0.2) is 0 Å². The summed E-state index contributed by atoms with van der Waals surface area (Å²) in [7, 11) is 3.98. The van der Waals surface area contributed by atoms with Crippen LogP contribution in [0.3, 0.4) is 0 Å². The minimum atomic E-state index is -0.165. The second-order valence-corrected chi connectivity index (χ2v) is 7.38. The summed E-state index contributed by atoms with van der Waals surface area (Å²) in [6, 6.07) is 13.6. The second kappa shape index (κ2) is 9.49. The zero-order valence-corrected chi connectivity index (χ0v) is 16.2. The number of amides is 1. The first-order chi connectivity index (χ1) is 12.0. The van der Waals surface area contributed by atoms with Crippen molar-refractivity contribution in [2.75, 3.05) is 24.7 Å². The van der Waals surface area contributed by atoms with Crippen molar-refractivity contribution in [3.63, 3.8) is 0 Å². The van der Waals surface area contributed by atoms with Gasteiger partial charge in [0, 0.05) is 29.7 Å². The van der Waals surface area contributed by atoms with Crippen LogP contribution in [0.5, 0.6) is 0 Å². The second-order valence-electron chi connectivity index (χ2n) is 5.64. The molecule has 0 bridgehead atoms. The Kier molecular flexibility index (Phi) is 7.34. The van der Waals surface area contributed by atoms with Crippen molar-refractivity contribution in [1.29, 1.82) is 0 Å². The molecular weight excluding hydrogens is 354 g/mol. The van der Waals surface area contributed by atoms with Gasteiger partial charge < -0.3 is 4.90 Å². The average Bonchev–Trinajstić information content (AvgIpc) is 2.58. The van der Waals surface area contributed by atoms with Crippen LogP contribution in [0.15, 0.2) is 52.5 Å². The highest BCUT2D eigenvalue weighted by atomic mass is 35.5. The Labute approximate surface area is 158 Å². The number of carbonyl (C=O) groups is 1. The maximum atomic E-state index is 12.1. The maximum Gasteiger partial charge on any atom is 0.244 e. The number of rotatable bonds is 7. The highest BCUT2D eigenvalue weighted by Crippen LogP contribution is 2.26. The van der Waals surface area contributed by atoms with Gasteiger partial charge in [-0.25, -0.2) is 5.43 Å². The van der Waals surface area contributed by atoms with Crippen molar-refractivity contribution < 1.29 is 4.79 Å². The number of benzene rings is 2. The lowest BCUT2D eigenvalue weighted by atomic mass is 10.1. The first kappa shape index (κ1) is 19.3. The standard InChI is InChI=1S/C19H22ClN3OS/c1-4-25-18-10-7-16(20)11-15(18)12-19(24)22-21-13-14-5-8-17(9-6-14)23(2)3/h5-11,13H,4,12H2,1-3H3,(H,22,24)/b21-13-. The quantitative estimate of drug-likeness (QED) is 0.448. The van der Waals surface area contributed by atoms with E-state index < -0.39 is 0 Å². The van der Waals surface area contributed by atoms with E-state index in [1.54, 1.807) is 18.0 Å². The van der Waals surface area contributed by atoms with Gasteiger partial charge >= 0.3 is 0 Å². The third-order valence-electron chi connectivity index (χ3n) is 3.49. The van der Waals surface area contributed by atoms with Crippen LogP contribution in [0.2, 0.25) is 5.02 Å². The molecule has 132 valence electrons. The van der Waals surface area contributed by atoms with E-state index >= 15 is 0 Å². The fourth-order valence-electron chi connectivity index (χ4n) is 2.23. The van der Waals surface area contributed by atoms with Crippen LogP contribution < -0.4 is 10.3 Å². The summed E-state index contributed by atoms with van der Waals surface area (Å²) < 4.78 is 0. The van der Waals surface area contributed by atoms with E-state index in [0.717, 1.165) is 27.5 Å². The fourth-order valence-corrected chi connectivity index (χ4v) is 3.22. The van der Waals surface area contributed by atoms with Crippen molar-refractivity contribution in [2.24, 2.45) is 5.10 Å². The molecule has 2 aromatic rings. The molecule has 1 amide bonds. The number of carbonyl (C=O) groups excluding carboxylic acids is 1. The van der Waals surface area contributed by atoms with Crippen LogP contribution >= 0.6 is 23.4 Å². The lowest BCUT2D eigenvalue weighted by molar-refractivity contribution is -0.120. The molecular formula is C19H22ClN3OS.